The number of hydrogen-bond acceptors (Lipinski definition) is 2. The Labute approximate surface area is 126 Å². The molecule has 1 aliphatic heterocycles. The number of rotatable bonds is 2. The Bertz CT molecular complexity index is 638. The van der Waals surface area contributed by atoms with Gasteiger partial charge in [0.2, 0.25) is 0 Å². The van der Waals surface area contributed by atoms with E-state index in [-0.39, 0.29) is 11.5 Å². The maximum absolute atomic E-state index is 6.47. The van der Waals surface area contributed by atoms with Crippen LogP contribution in [0, 0.1) is 0 Å². The van der Waals surface area contributed by atoms with Gasteiger partial charge in [0, 0.05) is 12.0 Å². The molecule has 1 heterocycles. The normalized spacial score (nSPS) is 15.4. The number of fused-ring (bicyclic) bond motifs is 1. The molecule has 2 heteroatoms. The number of para-hydroxylation sites is 1. The van der Waals surface area contributed by atoms with E-state index in [0.29, 0.717) is 0 Å². The van der Waals surface area contributed by atoms with E-state index in [2.05, 4.69) is 63.2 Å². The van der Waals surface area contributed by atoms with Gasteiger partial charge in [-0.1, -0.05) is 63.2 Å². The van der Waals surface area contributed by atoms with Gasteiger partial charge >= 0.3 is 0 Å². The molecule has 2 N–H and O–H groups in total. The molecule has 2 aromatic carbocycles. The van der Waals surface area contributed by atoms with Crippen LogP contribution >= 0.6 is 0 Å². The smallest absolute Gasteiger partial charge is 0.127 e. The Balaban J connectivity index is 1.93. The zero-order chi connectivity index (χ0) is 15.0. The zero-order valence-electron chi connectivity index (χ0n) is 13.0. The molecule has 0 bridgehead atoms. The van der Waals surface area contributed by atoms with Crippen molar-refractivity contribution in [2.45, 2.75) is 38.6 Å². The maximum Gasteiger partial charge on any atom is 0.127 e. The van der Waals surface area contributed by atoms with Crippen molar-refractivity contribution in [3.05, 3.63) is 64.7 Å². The number of hydrogen-bond donors (Lipinski definition) is 1. The molecule has 1 atom stereocenters. The molecule has 21 heavy (non-hydrogen) atoms. The van der Waals surface area contributed by atoms with Crippen LogP contribution in [0.5, 0.6) is 5.75 Å². The summed E-state index contributed by atoms with van der Waals surface area (Å²) in [5, 5.41) is 0. The van der Waals surface area contributed by atoms with Crippen LogP contribution in [0.15, 0.2) is 42.5 Å². The van der Waals surface area contributed by atoms with Gasteiger partial charge in [0.1, 0.15) is 5.75 Å². The summed E-state index contributed by atoms with van der Waals surface area (Å²) in [5.74, 6) is 0.991. The highest BCUT2D eigenvalue weighted by Crippen LogP contribution is 2.35. The minimum Gasteiger partial charge on any atom is -0.493 e. The largest absolute Gasteiger partial charge is 0.493 e. The number of benzene rings is 2. The van der Waals surface area contributed by atoms with E-state index < -0.39 is 0 Å². The molecule has 1 aliphatic rings. The first-order valence-corrected chi connectivity index (χ1v) is 7.57. The van der Waals surface area contributed by atoms with E-state index in [1.807, 2.05) is 0 Å². The van der Waals surface area contributed by atoms with Crippen molar-refractivity contribution in [1.82, 2.24) is 0 Å². The lowest BCUT2D eigenvalue weighted by Crippen LogP contribution is -2.15. The maximum atomic E-state index is 6.47. The molecule has 1 unspecified atom stereocenters. The van der Waals surface area contributed by atoms with Gasteiger partial charge in [0.15, 0.2) is 0 Å². The van der Waals surface area contributed by atoms with Gasteiger partial charge < -0.3 is 10.5 Å². The summed E-state index contributed by atoms with van der Waals surface area (Å²) < 4.78 is 5.77. The lowest BCUT2D eigenvalue weighted by atomic mass is 9.85. The molecule has 0 amide bonds. The second kappa shape index (κ2) is 5.19. The lowest BCUT2D eigenvalue weighted by molar-refractivity contribution is 0.352. The second-order valence-corrected chi connectivity index (χ2v) is 6.78. The first-order valence-electron chi connectivity index (χ1n) is 7.57. The van der Waals surface area contributed by atoms with Gasteiger partial charge in [0.25, 0.3) is 0 Å². The summed E-state index contributed by atoms with van der Waals surface area (Å²) in [4.78, 5) is 0. The third-order valence-corrected chi connectivity index (χ3v) is 4.22. The lowest BCUT2D eigenvalue weighted by Gasteiger charge is -2.21. The topological polar surface area (TPSA) is 35.2 Å². The highest BCUT2D eigenvalue weighted by Gasteiger charge is 2.21. The Morgan fingerprint density at radius 2 is 1.76 bits per heavy atom. The quantitative estimate of drug-likeness (QED) is 0.904. The molecular formula is C19H23NO. The zero-order valence-corrected chi connectivity index (χ0v) is 13.0. The third-order valence-electron chi connectivity index (χ3n) is 4.22. The minimum atomic E-state index is -0.132. The third kappa shape index (κ3) is 2.68. The second-order valence-electron chi connectivity index (χ2n) is 6.78. The summed E-state index contributed by atoms with van der Waals surface area (Å²) in [6, 6.07) is 14.8. The molecule has 3 rings (SSSR count). The first-order chi connectivity index (χ1) is 9.97. The van der Waals surface area contributed by atoms with Crippen LogP contribution in [-0.2, 0) is 11.8 Å². The average Bonchev–Trinajstić information content (AvgIpc) is 2.94. The van der Waals surface area contributed by atoms with Gasteiger partial charge in [0.05, 0.1) is 12.6 Å². The molecule has 0 saturated heterocycles. The molecule has 0 spiro atoms. The Morgan fingerprint density at radius 3 is 2.43 bits per heavy atom. The molecule has 2 nitrogen and oxygen atoms in total. The van der Waals surface area contributed by atoms with Gasteiger partial charge in [-0.15, -0.1) is 0 Å². The summed E-state index contributed by atoms with van der Waals surface area (Å²) in [7, 11) is 0. The van der Waals surface area contributed by atoms with Crippen LogP contribution in [0.3, 0.4) is 0 Å². The molecule has 0 fully saturated rings. The summed E-state index contributed by atoms with van der Waals surface area (Å²) in [6.07, 6.45) is 0.985. The Morgan fingerprint density at radius 1 is 1.05 bits per heavy atom. The average molecular weight is 281 g/mol. The molecule has 0 aliphatic carbocycles. The highest BCUT2D eigenvalue weighted by molar-refractivity contribution is 5.48. The van der Waals surface area contributed by atoms with Crippen LogP contribution in [0.2, 0.25) is 0 Å². The van der Waals surface area contributed by atoms with Crippen LogP contribution in [0.1, 0.15) is 49.1 Å². The van der Waals surface area contributed by atoms with E-state index >= 15 is 0 Å². The fourth-order valence-electron chi connectivity index (χ4n) is 2.86. The first kappa shape index (κ1) is 14.2. The predicted octanol–water partition coefficient (Wildman–Crippen LogP) is 3.97. The highest BCUT2D eigenvalue weighted by atomic mass is 16.5. The van der Waals surface area contributed by atoms with E-state index in [1.165, 1.54) is 11.1 Å². The SMILES string of the molecule is CC(C)(C)c1ccc(C(N)c2cccc3c2OCC3)cc1. The van der Waals surface area contributed by atoms with Crippen molar-refractivity contribution >= 4 is 0 Å². The number of ether oxygens (including phenoxy) is 1. The number of nitrogens with two attached hydrogens (primary N) is 1. The fourth-order valence-corrected chi connectivity index (χ4v) is 2.86. The molecule has 0 aromatic heterocycles. The van der Waals surface area contributed by atoms with Crippen molar-refractivity contribution < 1.29 is 4.74 Å². The molecule has 110 valence electrons. The van der Waals surface area contributed by atoms with Gasteiger partial charge in [-0.05, 0) is 22.1 Å². The van der Waals surface area contributed by atoms with Crippen LogP contribution in [0.4, 0.5) is 0 Å². The molecule has 0 radical (unpaired) electrons. The van der Waals surface area contributed by atoms with E-state index in [0.717, 1.165) is 29.9 Å². The van der Waals surface area contributed by atoms with Crippen molar-refractivity contribution in [2.75, 3.05) is 6.61 Å². The summed E-state index contributed by atoms with van der Waals surface area (Å²) in [6.45, 7) is 7.43. The van der Waals surface area contributed by atoms with E-state index in [9.17, 15) is 0 Å². The van der Waals surface area contributed by atoms with Crippen molar-refractivity contribution in [2.24, 2.45) is 5.73 Å². The Kier molecular flexibility index (Phi) is 3.50. The van der Waals surface area contributed by atoms with Crippen molar-refractivity contribution in [3.8, 4) is 5.75 Å². The van der Waals surface area contributed by atoms with Crippen LogP contribution in [0.25, 0.3) is 0 Å². The van der Waals surface area contributed by atoms with Crippen molar-refractivity contribution in [1.29, 1.82) is 0 Å². The van der Waals surface area contributed by atoms with E-state index in [1.54, 1.807) is 0 Å². The summed E-state index contributed by atoms with van der Waals surface area (Å²) >= 11 is 0. The Hall–Kier alpha value is -1.80. The molecule has 2 aromatic rings. The minimum absolute atomic E-state index is 0.132. The van der Waals surface area contributed by atoms with Gasteiger partial charge in [-0.25, -0.2) is 0 Å². The van der Waals surface area contributed by atoms with Crippen LogP contribution in [-0.4, -0.2) is 6.61 Å². The molecular weight excluding hydrogens is 258 g/mol. The summed E-state index contributed by atoms with van der Waals surface area (Å²) in [5.41, 5.74) is 11.5. The monoisotopic (exact) mass is 281 g/mol. The van der Waals surface area contributed by atoms with Crippen LogP contribution < -0.4 is 10.5 Å². The van der Waals surface area contributed by atoms with Gasteiger partial charge in [-0.3, -0.25) is 0 Å². The van der Waals surface area contributed by atoms with Gasteiger partial charge in [-0.2, -0.15) is 0 Å². The van der Waals surface area contributed by atoms with E-state index in [4.69, 9.17) is 10.5 Å². The molecule has 0 saturated carbocycles. The predicted molar refractivity (Wildman–Crippen MR) is 86.8 cm³/mol. The fraction of sp³-hybridized carbons (Fsp3) is 0.368. The van der Waals surface area contributed by atoms with Crippen molar-refractivity contribution in [3.63, 3.8) is 0 Å². The standard InChI is InChI=1S/C19H23NO/c1-19(2,3)15-9-7-13(8-10-15)17(20)16-6-4-5-14-11-12-21-18(14)16/h4-10,17H,11-12,20H2,1-3H3.